The van der Waals surface area contributed by atoms with Gasteiger partial charge in [-0.15, -0.1) is 0 Å². The predicted octanol–water partition coefficient (Wildman–Crippen LogP) is 3.01. The number of para-hydroxylation sites is 3. The van der Waals surface area contributed by atoms with Crippen molar-refractivity contribution in [2.24, 2.45) is 0 Å². The average Bonchev–Trinajstić information content (AvgIpc) is 2.93. The lowest BCUT2D eigenvalue weighted by Gasteiger charge is -2.20. The van der Waals surface area contributed by atoms with Gasteiger partial charge in [-0.1, -0.05) is 30.3 Å². The topological polar surface area (TPSA) is 58.4 Å². The molecule has 1 heterocycles. The number of carbonyl (C=O) groups is 1. The van der Waals surface area contributed by atoms with Gasteiger partial charge in [-0.25, -0.2) is 0 Å². The van der Waals surface area contributed by atoms with Crippen molar-refractivity contribution >= 4 is 23.0 Å². The first kappa shape index (κ1) is 13.5. The molecule has 0 atom stereocenters. The molecule has 0 bridgehead atoms. The molecular weight excluding hydrogens is 262 g/mol. The van der Waals surface area contributed by atoms with Gasteiger partial charge in [-0.05, 0) is 30.2 Å². The van der Waals surface area contributed by atoms with E-state index < -0.39 is 0 Å². The number of benzene rings is 2. The van der Waals surface area contributed by atoms with Crippen molar-refractivity contribution in [3.63, 3.8) is 0 Å². The molecule has 108 valence electrons. The van der Waals surface area contributed by atoms with Crippen molar-refractivity contribution in [3.8, 4) is 0 Å². The molecular formula is C17H19N3O. The van der Waals surface area contributed by atoms with Crippen LogP contribution in [0.2, 0.25) is 0 Å². The van der Waals surface area contributed by atoms with Crippen LogP contribution in [0.5, 0.6) is 0 Å². The molecule has 0 unspecified atom stereocenters. The largest absolute Gasteiger partial charge is 0.398 e. The highest BCUT2D eigenvalue weighted by atomic mass is 16.2. The fraction of sp³-hybridized carbons (Fsp3) is 0.235. The van der Waals surface area contributed by atoms with Gasteiger partial charge in [0.15, 0.2) is 0 Å². The number of nitrogens with zero attached hydrogens (tertiary/aromatic N) is 1. The number of rotatable bonds is 4. The molecule has 0 spiro atoms. The van der Waals surface area contributed by atoms with Crippen LogP contribution in [0.25, 0.3) is 0 Å². The van der Waals surface area contributed by atoms with Crippen LogP contribution < -0.4 is 16.0 Å². The van der Waals surface area contributed by atoms with Gasteiger partial charge in [0.25, 0.3) is 0 Å². The Labute approximate surface area is 124 Å². The lowest BCUT2D eigenvalue weighted by atomic mass is 10.1. The normalized spacial score (nSPS) is 14.5. The maximum atomic E-state index is 11.9. The van der Waals surface area contributed by atoms with Crippen LogP contribution in [0.4, 0.5) is 17.1 Å². The van der Waals surface area contributed by atoms with Crippen LogP contribution in [0.1, 0.15) is 18.4 Å². The van der Waals surface area contributed by atoms with E-state index in [1.54, 1.807) is 0 Å². The van der Waals surface area contributed by atoms with E-state index in [4.69, 9.17) is 5.73 Å². The molecule has 1 fully saturated rings. The molecule has 3 N–H and O–H groups in total. The SMILES string of the molecule is Nc1ccccc1CNc1ccccc1N1CCCC1=O. The Morgan fingerprint density at radius 1 is 1.10 bits per heavy atom. The summed E-state index contributed by atoms with van der Waals surface area (Å²) in [7, 11) is 0. The van der Waals surface area contributed by atoms with Gasteiger partial charge in [-0.2, -0.15) is 0 Å². The molecule has 1 aliphatic rings. The Hall–Kier alpha value is -2.49. The molecule has 21 heavy (non-hydrogen) atoms. The molecule has 1 saturated heterocycles. The Morgan fingerprint density at radius 3 is 2.62 bits per heavy atom. The summed E-state index contributed by atoms with van der Waals surface area (Å²) in [6.45, 7) is 1.44. The van der Waals surface area contributed by atoms with Gasteiger partial charge in [0.05, 0.1) is 11.4 Å². The van der Waals surface area contributed by atoms with E-state index in [2.05, 4.69) is 5.32 Å². The number of nitrogen functional groups attached to an aromatic ring is 1. The van der Waals surface area contributed by atoms with Crippen molar-refractivity contribution < 1.29 is 4.79 Å². The fourth-order valence-corrected chi connectivity index (χ4v) is 2.65. The van der Waals surface area contributed by atoms with Gasteiger partial charge in [0.1, 0.15) is 0 Å². The molecule has 2 aromatic carbocycles. The Kier molecular flexibility index (Phi) is 3.77. The monoisotopic (exact) mass is 281 g/mol. The van der Waals surface area contributed by atoms with Crippen molar-refractivity contribution in [1.29, 1.82) is 0 Å². The zero-order chi connectivity index (χ0) is 14.7. The van der Waals surface area contributed by atoms with Crippen LogP contribution in [0.15, 0.2) is 48.5 Å². The van der Waals surface area contributed by atoms with Gasteiger partial charge in [0.2, 0.25) is 5.91 Å². The summed E-state index contributed by atoms with van der Waals surface area (Å²) in [5, 5.41) is 3.39. The third-order valence-corrected chi connectivity index (χ3v) is 3.79. The van der Waals surface area contributed by atoms with Crippen molar-refractivity contribution in [2.45, 2.75) is 19.4 Å². The number of amides is 1. The lowest BCUT2D eigenvalue weighted by molar-refractivity contribution is -0.117. The molecule has 3 rings (SSSR count). The van der Waals surface area contributed by atoms with Crippen LogP contribution >= 0.6 is 0 Å². The third kappa shape index (κ3) is 2.84. The van der Waals surface area contributed by atoms with E-state index in [0.29, 0.717) is 13.0 Å². The summed E-state index contributed by atoms with van der Waals surface area (Å²) < 4.78 is 0. The molecule has 2 aromatic rings. The summed E-state index contributed by atoms with van der Waals surface area (Å²) in [5.74, 6) is 0.198. The standard InChI is InChI=1S/C17H19N3O/c18-14-7-2-1-6-13(14)12-19-15-8-3-4-9-16(15)20-11-5-10-17(20)21/h1-4,6-9,19H,5,10-12,18H2. The Bertz CT molecular complexity index is 654. The van der Waals surface area contributed by atoms with E-state index in [9.17, 15) is 4.79 Å². The number of anilines is 3. The van der Waals surface area contributed by atoms with E-state index >= 15 is 0 Å². The quantitative estimate of drug-likeness (QED) is 0.847. The summed E-state index contributed by atoms with van der Waals surface area (Å²) in [4.78, 5) is 13.8. The molecule has 0 aromatic heterocycles. The number of hydrogen-bond donors (Lipinski definition) is 2. The van der Waals surface area contributed by atoms with Crippen molar-refractivity contribution in [1.82, 2.24) is 0 Å². The first-order valence-corrected chi connectivity index (χ1v) is 7.22. The molecule has 0 aliphatic carbocycles. The highest BCUT2D eigenvalue weighted by Crippen LogP contribution is 2.29. The fourth-order valence-electron chi connectivity index (χ4n) is 2.65. The minimum atomic E-state index is 0.198. The Morgan fingerprint density at radius 2 is 1.86 bits per heavy atom. The van der Waals surface area contributed by atoms with E-state index in [0.717, 1.165) is 35.6 Å². The molecule has 0 radical (unpaired) electrons. The summed E-state index contributed by atoms with van der Waals surface area (Å²) in [6.07, 6.45) is 1.57. The van der Waals surface area contributed by atoms with Gasteiger partial charge >= 0.3 is 0 Å². The molecule has 1 amide bonds. The molecule has 4 nitrogen and oxygen atoms in total. The number of nitrogens with two attached hydrogens (primary N) is 1. The van der Waals surface area contributed by atoms with E-state index in [1.165, 1.54) is 0 Å². The van der Waals surface area contributed by atoms with Gasteiger partial charge in [-0.3, -0.25) is 4.79 Å². The van der Waals surface area contributed by atoms with Gasteiger partial charge < -0.3 is 16.0 Å². The number of nitrogens with one attached hydrogen (secondary N) is 1. The molecule has 4 heteroatoms. The first-order chi connectivity index (χ1) is 10.3. The summed E-state index contributed by atoms with van der Waals surface area (Å²) in [5.41, 5.74) is 9.72. The van der Waals surface area contributed by atoms with Crippen LogP contribution in [-0.2, 0) is 11.3 Å². The maximum Gasteiger partial charge on any atom is 0.227 e. The first-order valence-electron chi connectivity index (χ1n) is 7.22. The zero-order valence-corrected chi connectivity index (χ0v) is 11.9. The van der Waals surface area contributed by atoms with Crippen LogP contribution in [-0.4, -0.2) is 12.5 Å². The second-order valence-electron chi connectivity index (χ2n) is 5.22. The minimum absolute atomic E-state index is 0.198. The number of hydrogen-bond acceptors (Lipinski definition) is 3. The number of carbonyl (C=O) groups excluding carboxylic acids is 1. The summed E-state index contributed by atoms with van der Waals surface area (Å²) >= 11 is 0. The van der Waals surface area contributed by atoms with Crippen molar-refractivity contribution in [3.05, 3.63) is 54.1 Å². The summed E-state index contributed by atoms with van der Waals surface area (Å²) in [6, 6.07) is 15.7. The minimum Gasteiger partial charge on any atom is -0.398 e. The van der Waals surface area contributed by atoms with E-state index in [1.807, 2.05) is 53.4 Å². The molecule has 0 saturated carbocycles. The van der Waals surface area contributed by atoms with Crippen LogP contribution in [0, 0.1) is 0 Å². The maximum absolute atomic E-state index is 11.9. The lowest BCUT2D eigenvalue weighted by Crippen LogP contribution is -2.24. The second kappa shape index (κ2) is 5.87. The average molecular weight is 281 g/mol. The smallest absolute Gasteiger partial charge is 0.227 e. The predicted molar refractivity (Wildman–Crippen MR) is 86.2 cm³/mol. The highest BCUT2D eigenvalue weighted by Gasteiger charge is 2.23. The van der Waals surface area contributed by atoms with Crippen LogP contribution in [0.3, 0.4) is 0 Å². The Balaban J connectivity index is 1.80. The highest BCUT2D eigenvalue weighted by molar-refractivity contribution is 5.98. The van der Waals surface area contributed by atoms with Crippen molar-refractivity contribution in [2.75, 3.05) is 22.5 Å². The third-order valence-electron chi connectivity index (χ3n) is 3.79. The zero-order valence-electron chi connectivity index (χ0n) is 11.9. The molecule has 1 aliphatic heterocycles. The van der Waals surface area contributed by atoms with E-state index in [-0.39, 0.29) is 5.91 Å². The second-order valence-corrected chi connectivity index (χ2v) is 5.22. The van der Waals surface area contributed by atoms with Gasteiger partial charge in [0, 0.05) is 25.2 Å².